The van der Waals surface area contributed by atoms with E-state index in [0.29, 0.717) is 12.3 Å². The second-order valence-corrected chi connectivity index (χ2v) is 23.2. The molecule has 116 valence electrons. The Morgan fingerprint density at radius 1 is 1.16 bits per heavy atom. The van der Waals surface area contributed by atoms with Gasteiger partial charge in [-0.15, -0.1) is 19.6 Å². The number of hydrogen-bond acceptors (Lipinski definition) is 2. The van der Waals surface area contributed by atoms with Gasteiger partial charge < -0.3 is 20.8 Å². The molecule has 4 nitrogen and oxygen atoms in total. The van der Waals surface area contributed by atoms with Crippen LogP contribution in [0, 0.1) is 0 Å². The Labute approximate surface area is 132 Å². The number of hydrogen-bond donors (Lipinski definition) is 2. The van der Waals surface area contributed by atoms with Gasteiger partial charge in [0.2, 0.25) is 0 Å². The maximum absolute atomic E-state index is 8.85. The minimum absolute atomic E-state index is 0.0579. The molecule has 0 aromatic carbocycles. The van der Waals surface area contributed by atoms with E-state index in [1.165, 1.54) is 0 Å². The van der Waals surface area contributed by atoms with Crippen LogP contribution in [0.2, 0.25) is 0 Å². The molecule has 9 heteroatoms. The van der Waals surface area contributed by atoms with Crippen LogP contribution in [0.15, 0.2) is 24.1 Å². The number of piperidine rings is 1. The molecule has 1 saturated heterocycles. The average molecular weight is 533 g/mol. The first-order valence-electron chi connectivity index (χ1n) is 5.30. The van der Waals surface area contributed by atoms with E-state index in [0.717, 1.165) is 25.9 Å². The predicted octanol–water partition coefficient (Wildman–Crippen LogP) is 4.60. The van der Waals surface area contributed by atoms with Gasteiger partial charge in [0.15, 0.2) is 0 Å². The average Bonchev–Trinajstić information content (AvgIpc) is 2.29. The molecule has 0 unspecified atom stereocenters. The third kappa shape index (κ3) is 18.8. The monoisotopic (exact) mass is 531 g/mol. The Morgan fingerprint density at radius 2 is 1.68 bits per heavy atom. The van der Waals surface area contributed by atoms with Crippen LogP contribution in [0.3, 0.4) is 0 Å². The quantitative estimate of drug-likeness (QED) is 0.479. The fourth-order valence-corrected chi connectivity index (χ4v) is 1.14. The zero-order valence-corrected chi connectivity index (χ0v) is 15.3. The molecule has 2 N–H and O–H groups in total. The molecule has 0 saturated carbocycles. The van der Waals surface area contributed by atoms with Gasteiger partial charge in [-0.05, 0) is 18.9 Å². The van der Waals surface area contributed by atoms with E-state index in [2.05, 4.69) is 10.6 Å². The third-order valence-corrected chi connectivity index (χ3v) is 2.00. The van der Waals surface area contributed by atoms with Crippen molar-refractivity contribution in [2.24, 2.45) is 0 Å². The molecule has 0 aliphatic carbocycles. The van der Waals surface area contributed by atoms with Crippen molar-refractivity contribution in [1.82, 2.24) is 0 Å². The summed E-state index contributed by atoms with van der Waals surface area (Å²) in [5.41, 5.74) is 0. The Morgan fingerprint density at radius 3 is 1.89 bits per heavy atom. The summed E-state index contributed by atoms with van der Waals surface area (Å²) in [6, 6.07) is 0. The molecule has 2 aliphatic rings. The molecule has 0 amide bonds. The first kappa shape index (κ1) is 19.8. The molecule has 0 aromatic rings. The van der Waals surface area contributed by atoms with Gasteiger partial charge in [0.05, 0.1) is 6.10 Å². The van der Waals surface area contributed by atoms with E-state index >= 15 is 0 Å². The van der Waals surface area contributed by atoms with Crippen LogP contribution >= 0.6 is 37.7 Å². The normalized spacial score (nSPS) is 19.9. The van der Waals surface area contributed by atoms with E-state index in [4.69, 9.17) is 47.9 Å². The van der Waals surface area contributed by atoms with Crippen molar-refractivity contribution in [3.8, 4) is 0 Å². The Kier molecular flexibility index (Phi) is 12.0. The van der Waals surface area contributed by atoms with Gasteiger partial charge in [-0.3, -0.25) is 0 Å². The van der Waals surface area contributed by atoms with Crippen molar-refractivity contribution in [2.75, 3.05) is 19.6 Å². The van der Waals surface area contributed by atoms with Crippen LogP contribution in [0.5, 0.6) is 0 Å². The van der Waals surface area contributed by atoms with Crippen LogP contribution in [-0.4, -0.2) is 36.0 Å². The van der Waals surface area contributed by atoms with Gasteiger partial charge in [-0.25, -0.2) is 0 Å². The van der Waals surface area contributed by atoms with Crippen LogP contribution in [0.1, 0.15) is 12.8 Å². The van der Waals surface area contributed by atoms with Crippen LogP contribution in [0.25, 0.3) is 10.6 Å². The summed E-state index contributed by atoms with van der Waals surface area (Å²) >= 11 is -3.06. The van der Waals surface area contributed by atoms with E-state index in [9.17, 15) is 0 Å². The van der Waals surface area contributed by atoms with Crippen LogP contribution in [-0.2, 0) is 11.9 Å². The molecule has 2 heterocycles. The number of nitrogens with zero attached hydrogens (tertiary/aromatic N) is 2. The number of aliphatic hydroxyl groups excluding tert-OH is 2. The SMILES string of the molecule is OC1=CC[N-]C=C1.OC1CC[N-]CC1.[Cl][Pt+2]([Cl])([Cl])[Cl]. The number of rotatable bonds is 0. The minimum atomic E-state index is -3.06. The molecule has 2 rings (SSSR count). The number of aliphatic hydroxyl groups is 2. The summed E-state index contributed by atoms with van der Waals surface area (Å²) in [6.07, 6.45) is 6.50. The molecule has 1 fully saturated rings. The molecule has 19 heavy (non-hydrogen) atoms. The third-order valence-electron chi connectivity index (χ3n) is 2.00. The molecule has 0 bridgehead atoms. The first-order valence-corrected chi connectivity index (χ1v) is 16.6. The van der Waals surface area contributed by atoms with E-state index < -0.39 is 11.9 Å². The Bertz CT molecular complexity index is 286. The van der Waals surface area contributed by atoms with E-state index in [-0.39, 0.29) is 6.10 Å². The zero-order chi connectivity index (χ0) is 14.7. The summed E-state index contributed by atoms with van der Waals surface area (Å²) in [5, 5.41) is 25.4. The van der Waals surface area contributed by atoms with Gasteiger partial charge in [0.25, 0.3) is 0 Å². The van der Waals surface area contributed by atoms with Gasteiger partial charge in [-0.1, -0.05) is 6.08 Å². The Balaban J connectivity index is 0.000000261. The standard InChI is InChI=1S/C5H10NO.C5H6NO.4ClH.Pt/c2*7-5-1-3-6-4-2-5;;;;;/h5,7H,1-4H2;1-3,7H,4H2;4*1H;/q2*-1;;;;;+6/p-4. The van der Waals surface area contributed by atoms with Gasteiger partial charge in [0, 0.05) is 0 Å². The van der Waals surface area contributed by atoms with Crippen molar-refractivity contribution >= 4 is 37.7 Å². The summed E-state index contributed by atoms with van der Waals surface area (Å²) in [7, 11) is 20.0. The Hall–Kier alpha value is 0.848. The summed E-state index contributed by atoms with van der Waals surface area (Å²) in [4.78, 5) is 0. The second kappa shape index (κ2) is 11.5. The number of allylic oxidation sites excluding steroid dienone is 1. The van der Waals surface area contributed by atoms with Crippen molar-refractivity contribution in [2.45, 2.75) is 18.9 Å². The molecular weight excluding hydrogens is 517 g/mol. The molecular formula is C10H16Cl4N2O2Pt. The van der Waals surface area contributed by atoms with Crippen molar-refractivity contribution in [3.05, 3.63) is 34.7 Å². The van der Waals surface area contributed by atoms with Crippen molar-refractivity contribution < 1.29 is 22.1 Å². The zero-order valence-electron chi connectivity index (χ0n) is 9.96. The molecule has 0 spiro atoms. The second-order valence-electron chi connectivity index (χ2n) is 3.48. The predicted molar refractivity (Wildman–Crippen MR) is 79.8 cm³/mol. The molecule has 0 radical (unpaired) electrons. The van der Waals surface area contributed by atoms with Gasteiger partial charge in [0.1, 0.15) is 5.76 Å². The van der Waals surface area contributed by atoms with E-state index in [1.807, 2.05) is 0 Å². The van der Waals surface area contributed by atoms with Crippen molar-refractivity contribution in [1.29, 1.82) is 0 Å². The topological polar surface area (TPSA) is 68.7 Å². The fourth-order valence-electron chi connectivity index (χ4n) is 1.14. The van der Waals surface area contributed by atoms with Crippen LogP contribution in [0.4, 0.5) is 0 Å². The fraction of sp³-hybridized carbons (Fsp3) is 0.600. The van der Waals surface area contributed by atoms with Crippen molar-refractivity contribution in [3.63, 3.8) is 0 Å². The summed E-state index contributed by atoms with van der Waals surface area (Å²) in [5.74, 6) is 0.315. The van der Waals surface area contributed by atoms with E-state index in [1.54, 1.807) is 18.4 Å². The summed E-state index contributed by atoms with van der Waals surface area (Å²) < 4.78 is 0. The first-order chi connectivity index (χ1) is 8.79. The number of halogens is 4. The summed E-state index contributed by atoms with van der Waals surface area (Å²) in [6.45, 7) is 2.34. The molecule has 0 atom stereocenters. The van der Waals surface area contributed by atoms with Crippen LogP contribution < -0.4 is 0 Å². The molecule has 2 aliphatic heterocycles. The van der Waals surface area contributed by atoms with Gasteiger partial charge >= 0.3 is 49.6 Å². The maximum atomic E-state index is 8.85. The molecule has 0 aromatic heterocycles. The van der Waals surface area contributed by atoms with Gasteiger partial charge in [-0.2, -0.15) is 6.20 Å².